The predicted molar refractivity (Wildman–Crippen MR) is 73.3 cm³/mol. The van der Waals surface area contributed by atoms with Crippen LogP contribution in [0.4, 0.5) is 0 Å². The van der Waals surface area contributed by atoms with E-state index in [1.807, 2.05) is 0 Å². The third-order valence-electron chi connectivity index (χ3n) is 3.89. The van der Waals surface area contributed by atoms with Gasteiger partial charge < -0.3 is 11.1 Å². The SMILES string of the molecule is CC(C)c1ccc(C2CC(N)CNC2C)cc1. The molecule has 94 valence electrons. The molecule has 1 heterocycles. The third-order valence-corrected chi connectivity index (χ3v) is 3.89. The molecular formula is C15H24N2. The van der Waals surface area contributed by atoms with Gasteiger partial charge >= 0.3 is 0 Å². The molecule has 0 spiro atoms. The van der Waals surface area contributed by atoms with Crippen molar-refractivity contribution in [2.24, 2.45) is 5.73 Å². The number of hydrogen-bond acceptors (Lipinski definition) is 2. The number of benzene rings is 1. The highest BCUT2D eigenvalue weighted by atomic mass is 15.0. The maximum Gasteiger partial charge on any atom is 0.0171 e. The van der Waals surface area contributed by atoms with Crippen LogP contribution < -0.4 is 11.1 Å². The molecule has 0 aliphatic carbocycles. The second-order valence-electron chi connectivity index (χ2n) is 5.62. The smallest absolute Gasteiger partial charge is 0.0171 e. The lowest BCUT2D eigenvalue weighted by atomic mass is 9.83. The number of nitrogens with two attached hydrogens (primary N) is 1. The number of nitrogens with one attached hydrogen (secondary N) is 1. The van der Waals surface area contributed by atoms with Crippen LogP contribution in [0.5, 0.6) is 0 Å². The molecule has 0 radical (unpaired) electrons. The molecule has 3 atom stereocenters. The second kappa shape index (κ2) is 5.19. The van der Waals surface area contributed by atoms with Crippen LogP contribution in [-0.4, -0.2) is 18.6 Å². The van der Waals surface area contributed by atoms with Crippen LogP contribution in [0.25, 0.3) is 0 Å². The fourth-order valence-electron chi connectivity index (χ4n) is 2.65. The topological polar surface area (TPSA) is 38.0 Å². The molecule has 1 aromatic rings. The Bertz CT molecular complexity index is 356. The van der Waals surface area contributed by atoms with Crippen LogP contribution in [-0.2, 0) is 0 Å². The molecule has 1 aliphatic rings. The van der Waals surface area contributed by atoms with E-state index >= 15 is 0 Å². The zero-order chi connectivity index (χ0) is 12.4. The molecule has 3 unspecified atom stereocenters. The first-order chi connectivity index (χ1) is 8.08. The van der Waals surface area contributed by atoms with Crippen LogP contribution in [0.15, 0.2) is 24.3 Å². The van der Waals surface area contributed by atoms with Crippen LogP contribution in [0.2, 0.25) is 0 Å². The van der Waals surface area contributed by atoms with Gasteiger partial charge in [-0.25, -0.2) is 0 Å². The predicted octanol–water partition coefficient (Wildman–Crippen LogP) is 2.60. The second-order valence-corrected chi connectivity index (χ2v) is 5.62. The first kappa shape index (κ1) is 12.6. The molecule has 2 nitrogen and oxygen atoms in total. The Morgan fingerprint density at radius 1 is 1.24 bits per heavy atom. The highest BCUT2D eigenvalue weighted by Crippen LogP contribution is 2.28. The fourth-order valence-corrected chi connectivity index (χ4v) is 2.65. The van der Waals surface area contributed by atoms with Gasteiger partial charge in [-0.1, -0.05) is 38.1 Å². The molecule has 1 fully saturated rings. The quantitative estimate of drug-likeness (QED) is 0.822. The lowest BCUT2D eigenvalue weighted by molar-refractivity contribution is 0.337. The van der Waals surface area contributed by atoms with Crippen molar-refractivity contribution in [3.05, 3.63) is 35.4 Å². The minimum absolute atomic E-state index is 0.293. The van der Waals surface area contributed by atoms with Gasteiger partial charge in [-0.2, -0.15) is 0 Å². The van der Waals surface area contributed by atoms with Gasteiger partial charge in [0.1, 0.15) is 0 Å². The lowest BCUT2D eigenvalue weighted by Crippen LogP contribution is -2.48. The molecule has 0 bridgehead atoms. The highest BCUT2D eigenvalue weighted by molar-refractivity contribution is 5.28. The number of rotatable bonds is 2. The average molecular weight is 232 g/mol. The summed E-state index contributed by atoms with van der Waals surface area (Å²) in [6.07, 6.45) is 1.09. The summed E-state index contributed by atoms with van der Waals surface area (Å²) < 4.78 is 0. The van der Waals surface area contributed by atoms with E-state index in [2.05, 4.69) is 50.4 Å². The van der Waals surface area contributed by atoms with Gasteiger partial charge in [0.05, 0.1) is 0 Å². The van der Waals surface area contributed by atoms with Crippen LogP contribution in [0.1, 0.15) is 50.2 Å². The summed E-state index contributed by atoms with van der Waals surface area (Å²) in [5, 5.41) is 3.49. The van der Waals surface area contributed by atoms with Gasteiger partial charge in [0, 0.05) is 24.5 Å². The van der Waals surface area contributed by atoms with E-state index in [-0.39, 0.29) is 0 Å². The van der Waals surface area contributed by atoms with E-state index in [0.717, 1.165) is 13.0 Å². The van der Waals surface area contributed by atoms with E-state index in [0.29, 0.717) is 23.9 Å². The lowest BCUT2D eigenvalue weighted by Gasteiger charge is -2.34. The van der Waals surface area contributed by atoms with E-state index in [4.69, 9.17) is 5.73 Å². The van der Waals surface area contributed by atoms with E-state index < -0.39 is 0 Å². The Balaban J connectivity index is 2.15. The molecule has 2 rings (SSSR count). The molecule has 1 aliphatic heterocycles. The van der Waals surface area contributed by atoms with Crippen molar-refractivity contribution in [1.82, 2.24) is 5.32 Å². The largest absolute Gasteiger partial charge is 0.327 e. The molecule has 3 N–H and O–H groups in total. The van der Waals surface area contributed by atoms with Gasteiger partial charge in [0.15, 0.2) is 0 Å². The minimum Gasteiger partial charge on any atom is -0.327 e. The molecular weight excluding hydrogens is 208 g/mol. The van der Waals surface area contributed by atoms with Gasteiger partial charge in [-0.15, -0.1) is 0 Å². The number of piperidine rings is 1. The molecule has 2 heteroatoms. The molecule has 17 heavy (non-hydrogen) atoms. The normalized spacial score (nSPS) is 29.6. The van der Waals surface area contributed by atoms with Gasteiger partial charge in [0.2, 0.25) is 0 Å². The summed E-state index contributed by atoms with van der Waals surface area (Å²) in [4.78, 5) is 0. The summed E-state index contributed by atoms with van der Waals surface area (Å²) >= 11 is 0. The third kappa shape index (κ3) is 2.88. The van der Waals surface area contributed by atoms with Crippen molar-refractivity contribution in [2.45, 2.75) is 51.1 Å². The van der Waals surface area contributed by atoms with Crippen molar-refractivity contribution < 1.29 is 0 Å². The van der Waals surface area contributed by atoms with Crippen LogP contribution in [0, 0.1) is 0 Å². The van der Waals surface area contributed by atoms with E-state index in [1.165, 1.54) is 11.1 Å². The van der Waals surface area contributed by atoms with E-state index in [1.54, 1.807) is 0 Å². The fraction of sp³-hybridized carbons (Fsp3) is 0.600. The zero-order valence-corrected chi connectivity index (χ0v) is 11.1. The summed E-state index contributed by atoms with van der Waals surface area (Å²) in [5.74, 6) is 1.16. The van der Waals surface area contributed by atoms with Gasteiger partial charge in [-0.3, -0.25) is 0 Å². The molecule has 0 aromatic heterocycles. The average Bonchev–Trinajstić information content (AvgIpc) is 2.32. The molecule has 1 saturated heterocycles. The maximum atomic E-state index is 6.04. The van der Waals surface area contributed by atoms with Crippen molar-refractivity contribution >= 4 is 0 Å². The maximum absolute atomic E-state index is 6.04. The first-order valence-electron chi connectivity index (χ1n) is 6.66. The monoisotopic (exact) mass is 232 g/mol. The zero-order valence-electron chi connectivity index (χ0n) is 11.1. The first-order valence-corrected chi connectivity index (χ1v) is 6.66. The molecule has 0 saturated carbocycles. The Kier molecular flexibility index (Phi) is 3.85. The van der Waals surface area contributed by atoms with Gasteiger partial charge in [0.25, 0.3) is 0 Å². The molecule has 1 aromatic carbocycles. The summed E-state index contributed by atoms with van der Waals surface area (Å²) in [7, 11) is 0. The summed E-state index contributed by atoms with van der Waals surface area (Å²) in [5.41, 5.74) is 8.87. The van der Waals surface area contributed by atoms with Crippen molar-refractivity contribution in [1.29, 1.82) is 0 Å². The van der Waals surface area contributed by atoms with Crippen molar-refractivity contribution in [3.63, 3.8) is 0 Å². The minimum atomic E-state index is 0.293. The summed E-state index contributed by atoms with van der Waals surface area (Å²) in [6, 6.07) is 9.88. The highest BCUT2D eigenvalue weighted by Gasteiger charge is 2.26. The van der Waals surface area contributed by atoms with Gasteiger partial charge in [-0.05, 0) is 30.4 Å². The van der Waals surface area contributed by atoms with E-state index in [9.17, 15) is 0 Å². The Morgan fingerprint density at radius 3 is 2.47 bits per heavy atom. The summed E-state index contributed by atoms with van der Waals surface area (Å²) in [6.45, 7) is 7.67. The van der Waals surface area contributed by atoms with Crippen LogP contribution >= 0.6 is 0 Å². The molecule has 0 amide bonds. The Labute approximate surface area is 105 Å². The number of hydrogen-bond donors (Lipinski definition) is 2. The Morgan fingerprint density at radius 2 is 1.88 bits per heavy atom. The van der Waals surface area contributed by atoms with Crippen LogP contribution in [0.3, 0.4) is 0 Å². The Hall–Kier alpha value is -0.860. The van der Waals surface area contributed by atoms with Crippen molar-refractivity contribution in [3.8, 4) is 0 Å². The standard InChI is InChI=1S/C15H24N2/c1-10(2)12-4-6-13(7-5-12)15-8-14(16)9-17-11(15)3/h4-7,10-11,14-15,17H,8-9,16H2,1-3H3. The van der Waals surface area contributed by atoms with Crippen molar-refractivity contribution in [2.75, 3.05) is 6.54 Å².